The molecule has 0 heteroatoms. The second-order valence-electron chi connectivity index (χ2n) is 6.09. The molecule has 0 amide bonds. The third-order valence-corrected chi connectivity index (χ3v) is 4.22. The lowest BCUT2D eigenvalue weighted by Gasteiger charge is -2.17. The van der Waals surface area contributed by atoms with Crippen molar-refractivity contribution in [3.05, 3.63) is 90.0 Å². The maximum atomic E-state index is 4.30. The Morgan fingerprint density at radius 1 is 0.909 bits per heavy atom. The number of rotatable bonds is 7. The first kappa shape index (κ1) is 16.3. The van der Waals surface area contributed by atoms with E-state index in [4.69, 9.17) is 0 Å². The summed E-state index contributed by atoms with van der Waals surface area (Å²) < 4.78 is 0. The minimum Gasteiger partial charge on any atom is -0.0995 e. The minimum atomic E-state index is 0.420. The molecule has 0 unspecified atom stereocenters. The van der Waals surface area contributed by atoms with Crippen molar-refractivity contribution in [2.75, 3.05) is 0 Å². The Balaban J connectivity index is 1.94. The average Bonchev–Trinajstić information content (AvgIpc) is 2.55. The van der Waals surface area contributed by atoms with Crippen LogP contribution in [0.1, 0.15) is 37.0 Å². The second kappa shape index (κ2) is 7.79. The molecule has 0 aliphatic heterocycles. The van der Waals surface area contributed by atoms with Gasteiger partial charge < -0.3 is 0 Å². The molecule has 2 rings (SSSR count). The van der Waals surface area contributed by atoms with Gasteiger partial charge >= 0.3 is 0 Å². The SMILES string of the molecule is C=C(Cc1ccccc1)C[C@H](C)C(=C)c1ccc(CC)cc1. The monoisotopic (exact) mass is 290 g/mol. The van der Waals surface area contributed by atoms with Gasteiger partial charge in [-0.15, -0.1) is 0 Å². The lowest BCUT2D eigenvalue weighted by atomic mass is 9.88. The Kier molecular flexibility index (Phi) is 5.77. The summed E-state index contributed by atoms with van der Waals surface area (Å²) in [6.45, 7) is 13.0. The maximum Gasteiger partial charge on any atom is -0.00696 e. The van der Waals surface area contributed by atoms with E-state index in [2.05, 4.69) is 81.6 Å². The van der Waals surface area contributed by atoms with Gasteiger partial charge in [0.2, 0.25) is 0 Å². The molecule has 0 aromatic heterocycles. The molecule has 0 aliphatic carbocycles. The second-order valence-corrected chi connectivity index (χ2v) is 6.09. The molecule has 0 N–H and O–H groups in total. The van der Waals surface area contributed by atoms with Crippen molar-refractivity contribution in [3.63, 3.8) is 0 Å². The van der Waals surface area contributed by atoms with E-state index in [-0.39, 0.29) is 0 Å². The Bertz CT molecular complexity index is 617. The van der Waals surface area contributed by atoms with Crippen LogP contribution in [0.2, 0.25) is 0 Å². The summed E-state index contributed by atoms with van der Waals surface area (Å²) in [5.74, 6) is 0.420. The van der Waals surface area contributed by atoms with Crippen molar-refractivity contribution >= 4 is 5.57 Å². The van der Waals surface area contributed by atoms with E-state index < -0.39 is 0 Å². The number of aryl methyl sites for hydroxylation is 1. The molecule has 2 aromatic carbocycles. The van der Waals surface area contributed by atoms with Crippen molar-refractivity contribution < 1.29 is 0 Å². The van der Waals surface area contributed by atoms with Gasteiger partial charge in [-0.1, -0.05) is 87.2 Å². The molecule has 0 aliphatic rings. The molecule has 0 heterocycles. The molecule has 114 valence electrons. The van der Waals surface area contributed by atoms with Crippen LogP contribution in [0.3, 0.4) is 0 Å². The zero-order valence-corrected chi connectivity index (χ0v) is 13.8. The van der Waals surface area contributed by atoms with Crippen molar-refractivity contribution in [1.82, 2.24) is 0 Å². The smallest absolute Gasteiger partial charge is 0.00696 e. The van der Waals surface area contributed by atoms with Crippen molar-refractivity contribution in [2.24, 2.45) is 5.92 Å². The van der Waals surface area contributed by atoms with E-state index in [1.165, 1.54) is 27.8 Å². The highest BCUT2D eigenvalue weighted by atomic mass is 14.2. The van der Waals surface area contributed by atoms with Crippen LogP contribution in [0, 0.1) is 5.92 Å². The third kappa shape index (κ3) is 4.46. The summed E-state index contributed by atoms with van der Waals surface area (Å²) >= 11 is 0. The molecule has 0 saturated carbocycles. The highest BCUT2D eigenvalue weighted by molar-refractivity contribution is 5.65. The van der Waals surface area contributed by atoms with Crippen LogP contribution in [-0.4, -0.2) is 0 Å². The molecular weight excluding hydrogens is 264 g/mol. The summed E-state index contributed by atoms with van der Waals surface area (Å²) in [6.07, 6.45) is 3.02. The predicted molar refractivity (Wildman–Crippen MR) is 97.9 cm³/mol. The van der Waals surface area contributed by atoms with Crippen LogP contribution in [0.25, 0.3) is 5.57 Å². The Labute approximate surface area is 135 Å². The Morgan fingerprint density at radius 2 is 1.55 bits per heavy atom. The first-order chi connectivity index (χ1) is 10.6. The van der Waals surface area contributed by atoms with Gasteiger partial charge in [0.15, 0.2) is 0 Å². The van der Waals surface area contributed by atoms with Crippen LogP contribution in [0.4, 0.5) is 0 Å². The molecule has 0 bridgehead atoms. The number of benzene rings is 2. The summed E-state index contributed by atoms with van der Waals surface area (Å²) in [4.78, 5) is 0. The van der Waals surface area contributed by atoms with Gasteiger partial charge in [-0.2, -0.15) is 0 Å². The fourth-order valence-electron chi connectivity index (χ4n) is 2.75. The topological polar surface area (TPSA) is 0 Å². The normalized spacial score (nSPS) is 11.9. The number of hydrogen-bond acceptors (Lipinski definition) is 0. The van der Waals surface area contributed by atoms with E-state index in [0.29, 0.717) is 5.92 Å². The number of hydrogen-bond donors (Lipinski definition) is 0. The van der Waals surface area contributed by atoms with Gasteiger partial charge in [0.05, 0.1) is 0 Å². The molecule has 1 atom stereocenters. The molecule has 0 nitrogen and oxygen atoms in total. The van der Waals surface area contributed by atoms with Crippen LogP contribution >= 0.6 is 0 Å². The molecule has 0 spiro atoms. The van der Waals surface area contributed by atoms with Crippen molar-refractivity contribution in [3.8, 4) is 0 Å². The van der Waals surface area contributed by atoms with Gasteiger partial charge in [0.25, 0.3) is 0 Å². The van der Waals surface area contributed by atoms with Crippen LogP contribution in [0.5, 0.6) is 0 Å². The fraction of sp³-hybridized carbons (Fsp3) is 0.273. The highest BCUT2D eigenvalue weighted by Crippen LogP contribution is 2.27. The highest BCUT2D eigenvalue weighted by Gasteiger charge is 2.11. The largest absolute Gasteiger partial charge is 0.0995 e. The van der Waals surface area contributed by atoms with Gasteiger partial charge in [-0.3, -0.25) is 0 Å². The molecule has 0 saturated heterocycles. The van der Waals surface area contributed by atoms with E-state index in [1.54, 1.807) is 0 Å². The van der Waals surface area contributed by atoms with E-state index in [9.17, 15) is 0 Å². The molecular formula is C22H26. The fourth-order valence-corrected chi connectivity index (χ4v) is 2.75. The summed E-state index contributed by atoms with van der Waals surface area (Å²) in [5.41, 5.74) is 6.43. The van der Waals surface area contributed by atoms with Crippen molar-refractivity contribution in [1.29, 1.82) is 0 Å². The summed E-state index contributed by atoms with van der Waals surface area (Å²) in [5, 5.41) is 0. The van der Waals surface area contributed by atoms with E-state index in [1.807, 2.05) is 0 Å². The minimum absolute atomic E-state index is 0.420. The summed E-state index contributed by atoms with van der Waals surface area (Å²) in [6, 6.07) is 19.3. The van der Waals surface area contributed by atoms with Crippen molar-refractivity contribution in [2.45, 2.75) is 33.1 Å². The van der Waals surface area contributed by atoms with Crippen LogP contribution < -0.4 is 0 Å². The number of allylic oxidation sites excluding steroid dienone is 2. The van der Waals surface area contributed by atoms with Crippen LogP contribution in [0.15, 0.2) is 73.3 Å². The average molecular weight is 290 g/mol. The zero-order chi connectivity index (χ0) is 15.9. The lowest BCUT2D eigenvalue weighted by molar-refractivity contribution is 0.725. The first-order valence-electron chi connectivity index (χ1n) is 8.08. The zero-order valence-electron chi connectivity index (χ0n) is 13.8. The molecule has 0 radical (unpaired) electrons. The standard InChI is InChI=1S/C22H26/c1-5-20-11-13-22(14-12-20)19(4)18(3)15-17(2)16-21-9-7-6-8-10-21/h6-14,18H,2,4-5,15-16H2,1,3H3/t18-/m0/s1. The lowest BCUT2D eigenvalue weighted by Crippen LogP contribution is -2.01. The third-order valence-electron chi connectivity index (χ3n) is 4.22. The van der Waals surface area contributed by atoms with E-state index in [0.717, 1.165) is 19.3 Å². The van der Waals surface area contributed by atoms with E-state index >= 15 is 0 Å². The van der Waals surface area contributed by atoms with Gasteiger partial charge in [-0.25, -0.2) is 0 Å². The maximum absolute atomic E-state index is 4.30. The van der Waals surface area contributed by atoms with Gasteiger partial charge in [-0.05, 0) is 47.4 Å². The quantitative estimate of drug-likeness (QED) is 0.541. The van der Waals surface area contributed by atoms with Crippen LogP contribution in [-0.2, 0) is 12.8 Å². The molecule has 22 heavy (non-hydrogen) atoms. The Morgan fingerprint density at radius 3 is 2.14 bits per heavy atom. The first-order valence-corrected chi connectivity index (χ1v) is 8.08. The summed E-state index contributed by atoms with van der Waals surface area (Å²) in [7, 11) is 0. The Hall–Kier alpha value is -2.08. The van der Waals surface area contributed by atoms with Gasteiger partial charge in [0.1, 0.15) is 0 Å². The molecule has 0 fully saturated rings. The molecule has 2 aromatic rings. The van der Waals surface area contributed by atoms with Gasteiger partial charge in [0, 0.05) is 0 Å². The predicted octanol–water partition coefficient (Wildman–Crippen LogP) is 6.09.